The average molecular weight is 185 g/mol. The summed E-state index contributed by atoms with van der Waals surface area (Å²) >= 11 is 5.95. The molecule has 1 heteroatoms. The molecule has 0 aliphatic carbocycles. The van der Waals surface area contributed by atoms with Crippen molar-refractivity contribution in [3.63, 3.8) is 0 Å². The molecule has 0 aliphatic heterocycles. The molecule has 0 unspecified atom stereocenters. The monoisotopic (exact) mass is 184 g/mol. The summed E-state index contributed by atoms with van der Waals surface area (Å²) in [6, 6.07) is 4.19. The smallest absolute Gasteiger partial charge is 0.0464 e. The van der Waals surface area contributed by atoms with Crippen LogP contribution >= 0.6 is 11.6 Å². The van der Waals surface area contributed by atoms with Crippen LogP contribution in [0.5, 0.6) is 0 Å². The lowest BCUT2D eigenvalue weighted by Gasteiger charge is -2.02. The van der Waals surface area contributed by atoms with Crippen LogP contribution in [0.25, 0.3) is 0 Å². The maximum absolute atomic E-state index is 5.95. The van der Waals surface area contributed by atoms with E-state index >= 15 is 0 Å². The Morgan fingerprint density at radius 1 is 0.917 bits per heavy atom. The third-order valence-corrected chi connectivity index (χ3v) is 2.18. The van der Waals surface area contributed by atoms with Gasteiger partial charge < -0.3 is 0 Å². The summed E-state index contributed by atoms with van der Waals surface area (Å²) in [6.07, 6.45) is 0. The van der Waals surface area contributed by atoms with Crippen molar-refractivity contribution in [2.45, 2.75) is 34.6 Å². The molecule has 1 aromatic rings. The van der Waals surface area contributed by atoms with E-state index in [1.807, 2.05) is 27.7 Å². The summed E-state index contributed by atoms with van der Waals surface area (Å²) in [5.41, 5.74) is 3.61. The predicted molar refractivity (Wildman–Crippen MR) is 57.0 cm³/mol. The number of rotatable bonds is 0. The number of halogens is 1. The molecule has 0 atom stereocenters. The topological polar surface area (TPSA) is 0 Å². The van der Waals surface area contributed by atoms with E-state index in [4.69, 9.17) is 11.6 Å². The summed E-state index contributed by atoms with van der Waals surface area (Å²) in [6.45, 7) is 10.1. The fourth-order valence-electron chi connectivity index (χ4n) is 1.16. The van der Waals surface area contributed by atoms with Crippen molar-refractivity contribution in [1.29, 1.82) is 0 Å². The fourth-order valence-corrected chi connectivity index (χ4v) is 1.27. The molecule has 0 bridgehead atoms. The van der Waals surface area contributed by atoms with Crippen LogP contribution in [0.15, 0.2) is 12.1 Å². The van der Waals surface area contributed by atoms with Gasteiger partial charge in [-0.3, -0.25) is 0 Å². The van der Waals surface area contributed by atoms with Crippen molar-refractivity contribution >= 4 is 11.6 Å². The molecule has 0 saturated heterocycles. The average Bonchev–Trinajstić information content (AvgIpc) is 2.04. The molecule has 0 nitrogen and oxygen atoms in total. The van der Waals surface area contributed by atoms with Gasteiger partial charge in [0, 0.05) is 5.02 Å². The van der Waals surface area contributed by atoms with Crippen molar-refractivity contribution in [1.82, 2.24) is 0 Å². The van der Waals surface area contributed by atoms with Crippen molar-refractivity contribution in [3.05, 3.63) is 33.8 Å². The highest BCUT2D eigenvalue weighted by Crippen LogP contribution is 2.20. The predicted octanol–water partition coefficient (Wildman–Crippen LogP) is 4.29. The van der Waals surface area contributed by atoms with Gasteiger partial charge in [0.25, 0.3) is 0 Å². The highest BCUT2D eigenvalue weighted by Gasteiger charge is 1.98. The Hall–Kier alpha value is -0.490. The first kappa shape index (κ1) is 11.5. The second-order valence-electron chi connectivity index (χ2n) is 2.71. The molecule has 0 radical (unpaired) electrons. The van der Waals surface area contributed by atoms with E-state index in [0.717, 1.165) is 5.02 Å². The molecule has 0 N–H and O–H groups in total. The second-order valence-corrected chi connectivity index (χ2v) is 3.09. The molecular formula is C11H17Cl. The molecule has 12 heavy (non-hydrogen) atoms. The standard InChI is InChI=1S/C9H11Cl.C2H6/c1-6-4-7(2)9(10)8(3)5-6;1-2/h4-5H,1-3H3;1-2H3. The Morgan fingerprint density at radius 3 is 1.58 bits per heavy atom. The molecule has 0 spiro atoms. The zero-order chi connectivity index (χ0) is 9.72. The van der Waals surface area contributed by atoms with E-state index in [0.29, 0.717) is 0 Å². The first-order valence-corrected chi connectivity index (χ1v) is 4.72. The van der Waals surface area contributed by atoms with Gasteiger partial charge in [0.2, 0.25) is 0 Å². The van der Waals surface area contributed by atoms with Gasteiger partial charge in [-0.1, -0.05) is 43.1 Å². The normalized spacial score (nSPS) is 8.83. The minimum atomic E-state index is 0.894. The van der Waals surface area contributed by atoms with Crippen molar-refractivity contribution in [2.75, 3.05) is 0 Å². The SMILES string of the molecule is CC.Cc1cc(C)c(Cl)c(C)c1. The molecule has 0 aliphatic rings. The van der Waals surface area contributed by atoms with Crippen molar-refractivity contribution < 1.29 is 0 Å². The first-order chi connectivity index (χ1) is 5.61. The van der Waals surface area contributed by atoms with E-state index in [1.54, 1.807) is 0 Å². The lowest BCUT2D eigenvalue weighted by Crippen LogP contribution is -1.82. The summed E-state index contributed by atoms with van der Waals surface area (Å²) in [7, 11) is 0. The number of hydrogen-bond acceptors (Lipinski definition) is 0. The van der Waals surface area contributed by atoms with E-state index < -0.39 is 0 Å². The second kappa shape index (κ2) is 5.21. The number of aryl methyl sites for hydroxylation is 3. The van der Waals surface area contributed by atoms with E-state index in [2.05, 4.69) is 19.1 Å². The molecule has 1 rings (SSSR count). The quantitative estimate of drug-likeness (QED) is 0.564. The van der Waals surface area contributed by atoms with E-state index in [1.165, 1.54) is 16.7 Å². The zero-order valence-corrected chi connectivity index (χ0v) is 9.29. The lowest BCUT2D eigenvalue weighted by atomic mass is 10.1. The summed E-state index contributed by atoms with van der Waals surface area (Å²) in [5.74, 6) is 0. The minimum Gasteiger partial charge on any atom is -0.0838 e. The molecule has 1 aromatic carbocycles. The Labute approximate surface area is 80.6 Å². The molecule has 0 saturated carbocycles. The fraction of sp³-hybridized carbons (Fsp3) is 0.455. The number of benzene rings is 1. The third-order valence-electron chi connectivity index (χ3n) is 1.58. The van der Waals surface area contributed by atoms with Crippen LogP contribution in [0.4, 0.5) is 0 Å². The van der Waals surface area contributed by atoms with Crippen molar-refractivity contribution in [3.8, 4) is 0 Å². The number of hydrogen-bond donors (Lipinski definition) is 0. The third kappa shape index (κ3) is 2.86. The first-order valence-electron chi connectivity index (χ1n) is 4.34. The minimum absolute atomic E-state index is 0.894. The lowest BCUT2D eigenvalue weighted by molar-refractivity contribution is 1.32. The van der Waals surface area contributed by atoms with Gasteiger partial charge in [-0.2, -0.15) is 0 Å². The van der Waals surface area contributed by atoms with Crippen LogP contribution in [0.2, 0.25) is 5.02 Å². The highest BCUT2D eigenvalue weighted by molar-refractivity contribution is 6.32. The molecule has 0 fully saturated rings. The van der Waals surface area contributed by atoms with Crippen LogP contribution in [-0.2, 0) is 0 Å². The van der Waals surface area contributed by atoms with Gasteiger partial charge >= 0.3 is 0 Å². The van der Waals surface area contributed by atoms with Gasteiger partial charge in [0.1, 0.15) is 0 Å². The van der Waals surface area contributed by atoms with Crippen molar-refractivity contribution in [2.24, 2.45) is 0 Å². The van der Waals surface area contributed by atoms with Gasteiger partial charge in [-0.15, -0.1) is 0 Å². The Balaban J connectivity index is 0.000000561. The maximum Gasteiger partial charge on any atom is 0.0464 e. The highest BCUT2D eigenvalue weighted by atomic mass is 35.5. The molecular weight excluding hydrogens is 168 g/mol. The van der Waals surface area contributed by atoms with Gasteiger partial charge in [0.15, 0.2) is 0 Å². The van der Waals surface area contributed by atoms with Crippen LogP contribution in [-0.4, -0.2) is 0 Å². The summed E-state index contributed by atoms with van der Waals surface area (Å²) in [5, 5.41) is 0.894. The van der Waals surface area contributed by atoms with Crippen LogP contribution in [0, 0.1) is 20.8 Å². The molecule has 0 aromatic heterocycles. The van der Waals surface area contributed by atoms with Crippen LogP contribution < -0.4 is 0 Å². The van der Waals surface area contributed by atoms with Crippen LogP contribution in [0.3, 0.4) is 0 Å². The van der Waals surface area contributed by atoms with Gasteiger partial charge in [-0.25, -0.2) is 0 Å². The largest absolute Gasteiger partial charge is 0.0838 e. The summed E-state index contributed by atoms with van der Waals surface area (Å²) < 4.78 is 0. The van der Waals surface area contributed by atoms with Gasteiger partial charge in [-0.05, 0) is 31.9 Å². The van der Waals surface area contributed by atoms with E-state index in [9.17, 15) is 0 Å². The molecule has 68 valence electrons. The van der Waals surface area contributed by atoms with Crippen LogP contribution in [0.1, 0.15) is 30.5 Å². The zero-order valence-electron chi connectivity index (χ0n) is 8.53. The molecule has 0 amide bonds. The maximum atomic E-state index is 5.95. The summed E-state index contributed by atoms with van der Waals surface area (Å²) in [4.78, 5) is 0. The Morgan fingerprint density at radius 2 is 1.25 bits per heavy atom. The Kier molecular flexibility index (Phi) is 5.00. The van der Waals surface area contributed by atoms with Gasteiger partial charge in [0.05, 0.1) is 0 Å². The van der Waals surface area contributed by atoms with E-state index in [-0.39, 0.29) is 0 Å². The Bertz CT molecular complexity index is 228. The molecule has 0 heterocycles.